The Balaban J connectivity index is 2.83. The van der Waals surface area contributed by atoms with E-state index in [1.165, 1.54) is 19.2 Å². The summed E-state index contributed by atoms with van der Waals surface area (Å²) in [4.78, 5) is 0. The van der Waals surface area contributed by atoms with E-state index in [0.29, 0.717) is 11.3 Å². The normalized spacial score (nSPS) is 12.1. The van der Waals surface area contributed by atoms with Gasteiger partial charge in [-0.15, -0.1) is 0 Å². The maximum Gasteiger partial charge on any atom is 0.151 e. The van der Waals surface area contributed by atoms with Crippen molar-refractivity contribution in [1.82, 2.24) is 0 Å². The van der Waals surface area contributed by atoms with Crippen molar-refractivity contribution in [2.24, 2.45) is 10.2 Å². The van der Waals surface area contributed by atoms with Gasteiger partial charge in [0.05, 0.1) is 5.02 Å². The molecule has 0 radical (unpaired) electrons. The molecule has 0 saturated heterocycles. The van der Waals surface area contributed by atoms with Gasteiger partial charge in [0.2, 0.25) is 0 Å². The van der Waals surface area contributed by atoms with Crippen molar-refractivity contribution in [3.8, 4) is 16.9 Å². The van der Waals surface area contributed by atoms with Crippen LogP contribution in [0.15, 0.2) is 40.6 Å². The molecule has 0 amide bonds. The summed E-state index contributed by atoms with van der Waals surface area (Å²) in [6, 6.07) is 7.92. The Labute approximate surface area is 134 Å². The van der Waals surface area contributed by atoms with Gasteiger partial charge in [-0.3, -0.25) is 0 Å². The van der Waals surface area contributed by atoms with Crippen LogP contribution < -0.4 is 0 Å². The predicted octanol–water partition coefficient (Wildman–Crippen LogP) is 5.86. The van der Waals surface area contributed by atoms with E-state index in [0.717, 1.165) is 5.56 Å². The van der Waals surface area contributed by atoms with Gasteiger partial charge in [-0.1, -0.05) is 38.4 Å². The number of halogens is 2. The van der Waals surface area contributed by atoms with Crippen molar-refractivity contribution in [3.05, 3.63) is 46.7 Å². The molecule has 116 valence electrons. The topological polar surface area (TPSA) is 45.0 Å². The van der Waals surface area contributed by atoms with E-state index in [9.17, 15) is 9.50 Å². The fourth-order valence-electron chi connectivity index (χ4n) is 2.18. The molecule has 2 rings (SSSR count). The second kappa shape index (κ2) is 6.05. The monoisotopic (exact) mass is 320 g/mol. The van der Waals surface area contributed by atoms with Crippen LogP contribution in [0, 0.1) is 5.82 Å². The number of hydrogen-bond acceptors (Lipinski definition) is 3. The lowest BCUT2D eigenvalue weighted by Crippen LogP contribution is -2.11. The lowest BCUT2D eigenvalue weighted by atomic mass is 9.84. The summed E-state index contributed by atoms with van der Waals surface area (Å²) in [6.07, 6.45) is 0. The third-order valence-corrected chi connectivity index (χ3v) is 3.71. The fraction of sp³-hybridized carbons (Fsp3) is 0.294. The highest BCUT2D eigenvalue weighted by atomic mass is 35.5. The predicted molar refractivity (Wildman–Crippen MR) is 87.7 cm³/mol. The summed E-state index contributed by atoms with van der Waals surface area (Å²) >= 11 is 6.13. The Morgan fingerprint density at radius 1 is 1.18 bits per heavy atom. The highest BCUT2D eigenvalue weighted by molar-refractivity contribution is 6.33. The summed E-state index contributed by atoms with van der Waals surface area (Å²) in [5, 5.41) is 18.3. The Kier molecular flexibility index (Phi) is 4.52. The molecule has 0 fully saturated rings. The Morgan fingerprint density at radius 2 is 1.86 bits per heavy atom. The molecule has 0 unspecified atom stereocenters. The van der Waals surface area contributed by atoms with Crippen molar-refractivity contribution < 1.29 is 9.50 Å². The molecule has 0 spiro atoms. The zero-order valence-corrected chi connectivity index (χ0v) is 13.7. The van der Waals surface area contributed by atoms with Crippen LogP contribution in [-0.2, 0) is 5.41 Å². The molecule has 2 aromatic carbocycles. The van der Waals surface area contributed by atoms with Crippen LogP contribution in [0.2, 0.25) is 5.02 Å². The maximum absolute atomic E-state index is 14.2. The van der Waals surface area contributed by atoms with Crippen LogP contribution in [0.25, 0.3) is 11.1 Å². The molecule has 3 nitrogen and oxygen atoms in total. The average Bonchev–Trinajstić information content (AvgIpc) is 2.41. The molecule has 0 heterocycles. The molecule has 0 aliphatic carbocycles. The first-order valence-corrected chi connectivity index (χ1v) is 7.25. The lowest BCUT2D eigenvalue weighted by molar-refractivity contribution is 0.476. The molecule has 1 N–H and O–H groups in total. The fourth-order valence-corrected chi connectivity index (χ4v) is 2.45. The molecule has 0 aliphatic heterocycles. The highest BCUT2D eigenvalue weighted by Gasteiger charge is 2.22. The quantitative estimate of drug-likeness (QED) is 0.692. The van der Waals surface area contributed by atoms with Gasteiger partial charge < -0.3 is 5.11 Å². The second-order valence-corrected chi connectivity index (χ2v) is 6.45. The minimum Gasteiger partial charge on any atom is -0.505 e. The molecule has 2 aromatic rings. The van der Waals surface area contributed by atoms with Crippen molar-refractivity contribution >= 4 is 17.3 Å². The van der Waals surface area contributed by atoms with Crippen molar-refractivity contribution in [2.45, 2.75) is 26.2 Å². The number of azo groups is 1. The molecule has 22 heavy (non-hydrogen) atoms. The van der Waals surface area contributed by atoms with Gasteiger partial charge in [-0.2, -0.15) is 10.2 Å². The molecule has 0 aromatic heterocycles. The number of rotatable bonds is 2. The smallest absolute Gasteiger partial charge is 0.151 e. The molecule has 0 bridgehead atoms. The maximum atomic E-state index is 14.2. The van der Waals surface area contributed by atoms with Gasteiger partial charge in [-0.25, -0.2) is 4.39 Å². The van der Waals surface area contributed by atoms with Gasteiger partial charge in [0.25, 0.3) is 0 Å². The van der Waals surface area contributed by atoms with Crippen molar-refractivity contribution in [1.29, 1.82) is 0 Å². The van der Waals surface area contributed by atoms with Gasteiger partial charge in [0, 0.05) is 18.2 Å². The largest absolute Gasteiger partial charge is 0.505 e. The van der Waals surface area contributed by atoms with Crippen LogP contribution in [0.5, 0.6) is 5.75 Å². The summed E-state index contributed by atoms with van der Waals surface area (Å²) in [5.41, 5.74) is 1.49. The standard InChI is InChI=1S/C17H18ClFN2O/c1-17(2,3)10-8-11(16(22)14(9-10)21-20-4)15-12(18)6-5-7-13(15)19/h5-9,22H,1-4H3/b21-20+. The SMILES string of the molecule is C/N=N/c1cc(C(C)(C)C)cc(-c2c(F)cccc2Cl)c1O. The van der Waals surface area contributed by atoms with Gasteiger partial charge >= 0.3 is 0 Å². The number of phenols is 1. The molecule has 0 aliphatic rings. The lowest BCUT2D eigenvalue weighted by Gasteiger charge is -2.21. The van der Waals surface area contributed by atoms with Crippen molar-refractivity contribution in [2.75, 3.05) is 7.05 Å². The number of aromatic hydroxyl groups is 1. The minimum absolute atomic E-state index is 0.134. The number of hydrogen-bond donors (Lipinski definition) is 1. The van der Waals surface area contributed by atoms with Crippen molar-refractivity contribution in [3.63, 3.8) is 0 Å². The molecular formula is C17H18ClFN2O. The third-order valence-electron chi connectivity index (χ3n) is 3.40. The van der Waals surface area contributed by atoms with E-state index in [1.54, 1.807) is 18.2 Å². The number of nitrogens with zero attached hydrogens (tertiary/aromatic N) is 2. The second-order valence-electron chi connectivity index (χ2n) is 6.04. The van der Waals surface area contributed by atoms with Crippen LogP contribution in [0.4, 0.5) is 10.1 Å². The van der Waals surface area contributed by atoms with Crippen LogP contribution >= 0.6 is 11.6 Å². The van der Waals surface area contributed by atoms with Crippen LogP contribution in [0.1, 0.15) is 26.3 Å². The van der Waals surface area contributed by atoms with Crippen LogP contribution in [0.3, 0.4) is 0 Å². The molecule has 0 atom stereocenters. The van der Waals surface area contributed by atoms with E-state index in [1.807, 2.05) is 20.8 Å². The molecule has 0 saturated carbocycles. The van der Waals surface area contributed by atoms with Gasteiger partial charge in [-0.05, 0) is 35.2 Å². The summed E-state index contributed by atoms with van der Waals surface area (Å²) in [6.45, 7) is 6.08. The minimum atomic E-state index is -0.492. The number of phenolic OH excluding ortho intramolecular Hbond substituents is 1. The van der Waals surface area contributed by atoms with Gasteiger partial charge in [0.15, 0.2) is 5.75 Å². The summed E-state index contributed by atoms with van der Waals surface area (Å²) in [5.74, 6) is -0.626. The Hall–Kier alpha value is -1.94. The Morgan fingerprint density at radius 3 is 2.41 bits per heavy atom. The number of benzene rings is 2. The highest BCUT2D eigenvalue weighted by Crippen LogP contribution is 2.44. The van der Waals surface area contributed by atoms with Crippen LogP contribution in [-0.4, -0.2) is 12.2 Å². The zero-order valence-electron chi connectivity index (χ0n) is 13.0. The average molecular weight is 321 g/mol. The first-order chi connectivity index (χ1) is 10.3. The van der Waals surface area contributed by atoms with E-state index < -0.39 is 5.82 Å². The van der Waals surface area contributed by atoms with E-state index in [4.69, 9.17) is 11.6 Å². The first kappa shape index (κ1) is 16.4. The van der Waals surface area contributed by atoms with E-state index in [2.05, 4.69) is 10.2 Å². The zero-order chi connectivity index (χ0) is 16.5. The molecule has 5 heteroatoms. The summed E-state index contributed by atoms with van der Waals surface area (Å²) < 4.78 is 14.2. The third kappa shape index (κ3) is 3.12. The Bertz CT molecular complexity index is 716. The molecular weight excluding hydrogens is 303 g/mol. The van der Waals surface area contributed by atoms with E-state index in [-0.39, 0.29) is 21.8 Å². The van der Waals surface area contributed by atoms with Gasteiger partial charge in [0.1, 0.15) is 11.5 Å². The summed E-state index contributed by atoms with van der Waals surface area (Å²) in [7, 11) is 1.51. The van der Waals surface area contributed by atoms with E-state index >= 15 is 0 Å². The first-order valence-electron chi connectivity index (χ1n) is 6.87.